The lowest BCUT2D eigenvalue weighted by Gasteiger charge is -2.18. The maximum atomic E-state index is 5.89. The molecule has 2 nitrogen and oxygen atoms in total. The highest BCUT2D eigenvalue weighted by Crippen LogP contribution is 2.18. The molecule has 0 radical (unpaired) electrons. The van der Waals surface area contributed by atoms with Crippen LogP contribution in [0.1, 0.15) is 19.4 Å². The van der Waals surface area contributed by atoms with E-state index < -0.39 is 0 Å². The molecule has 0 aliphatic rings. The van der Waals surface area contributed by atoms with Crippen LogP contribution in [0.4, 0.5) is 5.69 Å². The summed E-state index contributed by atoms with van der Waals surface area (Å²) in [7, 11) is 0. The van der Waals surface area contributed by atoms with Crippen molar-refractivity contribution in [3.05, 3.63) is 28.8 Å². The number of likely N-dealkylation sites (N-methyl/N-ethyl adjacent to an activating group) is 1. The van der Waals surface area contributed by atoms with E-state index in [1.807, 2.05) is 18.2 Å². The normalized spacial score (nSPS) is 10.9. The van der Waals surface area contributed by atoms with Gasteiger partial charge in [0.15, 0.2) is 0 Å². The van der Waals surface area contributed by atoms with Gasteiger partial charge in [-0.3, -0.25) is 0 Å². The number of rotatable bonds is 5. The number of hydrogen-bond acceptors (Lipinski definition) is 2. The highest BCUT2D eigenvalue weighted by Gasteiger charge is 2.03. The molecule has 0 saturated carbocycles. The van der Waals surface area contributed by atoms with Crippen LogP contribution in [0, 0.1) is 0 Å². The molecular formula is C12H19ClN2. The molecule has 0 aliphatic heterocycles. The van der Waals surface area contributed by atoms with Crippen molar-refractivity contribution in [3.8, 4) is 0 Å². The van der Waals surface area contributed by atoms with E-state index in [1.165, 1.54) is 5.56 Å². The lowest BCUT2D eigenvalue weighted by molar-refractivity contribution is 0.308. The van der Waals surface area contributed by atoms with Crippen molar-refractivity contribution in [1.29, 1.82) is 0 Å². The van der Waals surface area contributed by atoms with Crippen molar-refractivity contribution in [1.82, 2.24) is 4.90 Å². The molecule has 3 heteroatoms. The molecule has 84 valence electrons. The Morgan fingerprint density at radius 3 is 2.47 bits per heavy atom. The van der Waals surface area contributed by atoms with Crippen LogP contribution >= 0.6 is 11.6 Å². The van der Waals surface area contributed by atoms with Gasteiger partial charge in [-0.05, 0) is 37.2 Å². The van der Waals surface area contributed by atoms with E-state index in [9.17, 15) is 0 Å². The third kappa shape index (κ3) is 3.73. The first kappa shape index (κ1) is 12.3. The molecule has 0 unspecified atom stereocenters. The van der Waals surface area contributed by atoms with Gasteiger partial charge in [0, 0.05) is 17.3 Å². The molecule has 0 aliphatic carbocycles. The van der Waals surface area contributed by atoms with Crippen LogP contribution in [-0.2, 0) is 6.42 Å². The molecule has 0 saturated heterocycles. The highest BCUT2D eigenvalue weighted by molar-refractivity contribution is 6.30. The number of nitrogen functional groups attached to an aromatic ring is 1. The molecule has 0 bridgehead atoms. The van der Waals surface area contributed by atoms with Crippen molar-refractivity contribution in [2.24, 2.45) is 0 Å². The molecule has 2 N–H and O–H groups in total. The fourth-order valence-corrected chi connectivity index (χ4v) is 1.79. The monoisotopic (exact) mass is 226 g/mol. The van der Waals surface area contributed by atoms with Crippen molar-refractivity contribution >= 4 is 17.3 Å². The molecule has 15 heavy (non-hydrogen) atoms. The van der Waals surface area contributed by atoms with E-state index in [2.05, 4.69) is 18.7 Å². The maximum Gasteiger partial charge on any atom is 0.0426 e. The Balaban J connectivity index is 2.57. The minimum Gasteiger partial charge on any atom is -0.398 e. The van der Waals surface area contributed by atoms with E-state index >= 15 is 0 Å². The van der Waals surface area contributed by atoms with Crippen LogP contribution in [0.5, 0.6) is 0 Å². The fraction of sp³-hybridized carbons (Fsp3) is 0.500. The van der Waals surface area contributed by atoms with Crippen LogP contribution in [0.2, 0.25) is 5.02 Å². The number of benzene rings is 1. The number of nitrogens with two attached hydrogens (primary N) is 1. The topological polar surface area (TPSA) is 29.3 Å². The van der Waals surface area contributed by atoms with Crippen LogP contribution in [0.15, 0.2) is 18.2 Å². The van der Waals surface area contributed by atoms with Gasteiger partial charge in [0.1, 0.15) is 0 Å². The lowest BCUT2D eigenvalue weighted by Crippen LogP contribution is -2.25. The third-order valence-electron chi connectivity index (χ3n) is 2.70. The summed E-state index contributed by atoms with van der Waals surface area (Å²) < 4.78 is 0. The molecule has 0 amide bonds. The highest BCUT2D eigenvalue weighted by atomic mass is 35.5. The van der Waals surface area contributed by atoms with Crippen LogP contribution in [-0.4, -0.2) is 24.5 Å². The molecular weight excluding hydrogens is 208 g/mol. The van der Waals surface area contributed by atoms with Crippen molar-refractivity contribution in [2.45, 2.75) is 20.3 Å². The Hall–Kier alpha value is -0.730. The summed E-state index contributed by atoms with van der Waals surface area (Å²) in [4.78, 5) is 2.38. The third-order valence-corrected chi connectivity index (χ3v) is 2.93. The first-order valence-electron chi connectivity index (χ1n) is 5.43. The molecule has 0 aromatic heterocycles. The number of nitrogens with zero attached hydrogens (tertiary/aromatic N) is 1. The minimum atomic E-state index is 0.707. The SMILES string of the molecule is CCN(CC)CCc1ccc(Cl)cc1N. The Kier molecular flexibility index (Phi) is 4.92. The quantitative estimate of drug-likeness (QED) is 0.783. The Bertz CT molecular complexity index is 308. The second-order valence-corrected chi connectivity index (χ2v) is 4.06. The maximum absolute atomic E-state index is 5.89. The number of anilines is 1. The van der Waals surface area contributed by atoms with E-state index in [1.54, 1.807) is 0 Å². The Labute approximate surface area is 97.0 Å². The van der Waals surface area contributed by atoms with Gasteiger partial charge in [-0.25, -0.2) is 0 Å². The van der Waals surface area contributed by atoms with Gasteiger partial charge in [0.25, 0.3) is 0 Å². The Morgan fingerprint density at radius 2 is 1.93 bits per heavy atom. The summed E-state index contributed by atoms with van der Waals surface area (Å²) in [6, 6.07) is 5.73. The molecule has 0 heterocycles. The summed E-state index contributed by atoms with van der Waals surface area (Å²) in [6.07, 6.45) is 0.991. The summed E-state index contributed by atoms with van der Waals surface area (Å²) in [5.74, 6) is 0. The first-order chi connectivity index (χ1) is 7.17. The largest absolute Gasteiger partial charge is 0.398 e. The average Bonchev–Trinajstić information content (AvgIpc) is 2.22. The standard InChI is InChI=1S/C12H19ClN2/c1-3-15(4-2)8-7-10-5-6-11(13)9-12(10)14/h5-6,9H,3-4,7-8,14H2,1-2H3. The molecule has 1 rings (SSSR count). The predicted molar refractivity (Wildman–Crippen MR) is 67.4 cm³/mol. The van der Waals surface area contributed by atoms with Crippen LogP contribution in [0.25, 0.3) is 0 Å². The van der Waals surface area contributed by atoms with Gasteiger partial charge >= 0.3 is 0 Å². The minimum absolute atomic E-state index is 0.707. The predicted octanol–water partition coefficient (Wildman–Crippen LogP) is 2.81. The molecule has 0 fully saturated rings. The zero-order valence-electron chi connectivity index (χ0n) is 9.46. The smallest absolute Gasteiger partial charge is 0.0426 e. The second kappa shape index (κ2) is 5.99. The van der Waals surface area contributed by atoms with Crippen molar-refractivity contribution < 1.29 is 0 Å². The van der Waals surface area contributed by atoms with Gasteiger partial charge in [-0.15, -0.1) is 0 Å². The summed E-state index contributed by atoms with van der Waals surface area (Å²) in [5.41, 5.74) is 7.87. The summed E-state index contributed by atoms with van der Waals surface area (Å²) >= 11 is 5.84. The van der Waals surface area contributed by atoms with Gasteiger partial charge in [-0.1, -0.05) is 31.5 Å². The van der Waals surface area contributed by atoms with E-state index in [0.717, 1.165) is 31.7 Å². The zero-order valence-corrected chi connectivity index (χ0v) is 10.2. The van der Waals surface area contributed by atoms with Gasteiger partial charge in [0.2, 0.25) is 0 Å². The zero-order chi connectivity index (χ0) is 11.3. The number of halogens is 1. The molecule has 0 atom stereocenters. The summed E-state index contributed by atoms with van der Waals surface area (Å²) in [5, 5.41) is 0.707. The fourth-order valence-electron chi connectivity index (χ4n) is 1.61. The van der Waals surface area contributed by atoms with E-state index in [-0.39, 0.29) is 0 Å². The number of hydrogen-bond donors (Lipinski definition) is 1. The van der Waals surface area contributed by atoms with Crippen LogP contribution in [0.3, 0.4) is 0 Å². The lowest BCUT2D eigenvalue weighted by atomic mass is 10.1. The van der Waals surface area contributed by atoms with E-state index in [4.69, 9.17) is 17.3 Å². The average molecular weight is 227 g/mol. The molecule has 0 spiro atoms. The Morgan fingerprint density at radius 1 is 1.27 bits per heavy atom. The first-order valence-corrected chi connectivity index (χ1v) is 5.81. The summed E-state index contributed by atoms with van der Waals surface area (Å²) in [6.45, 7) is 7.58. The van der Waals surface area contributed by atoms with Gasteiger partial charge < -0.3 is 10.6 Å². The van der Waals surface area contributed by atoms with Crippen molar-refractivity contribution in [2.75, 3.05) is 25.4 Å². The van der Waals surface area contributed by atoms with Crippen LogP contribution < -0.4 is 5.73 Å². The second-order valence-electron chi connectivity index (χ2n) is 3.62. The molecule has 1 aromatic rings. The van der Waals surface area contributed by atoms with E-state index in [0.29, 0.717) is 5.02 Å². The van der Waals surface area contributed by atoms with Gasteiger partial charge in [0.05, 0.1) is 0 Å². The molecule has 1 aromatic carbocycles. The van der Waals surface area contributed by atoms with Crippen molar-refractivity contribution in [3.63, 3.8) is 0 Å². The van der Waals surface area contributed by atoms with Gasteiger partial charge in [-0.2, -0.15) is 0 Å².